The first-order valence-electron chi connectivity index (χ1n) is 7.57. The quantitative estimate of drug-likeness (QED) is 0.489. The minimum absolute atomic E-state index is 0.0487. The van der Waals surface area contributed by atoms with Gasteiger partial charge in [0.05, 0.1) is 15.5 Å². The molecule has 134 valence electrons. The molecule has 0 spiro atoms. The fourth-order valence-corrected chi connectivity index (χ4v) is 4.43. The van der Waals surface area contributed by atoms with Gasteiger partial charge in [-0.1, -0.05) is 47.4 Å². The Bertz CT molecular complexity index is 882. The van der Waals surface area contributed by atoms with E-state index in [0.29, 0.717) is 13.1 Å². The highest BCUT2D eigenvalue weighted by Crippen LogP contribution is 2.28. The van der Waals surface area contributed by atoms with E-state index < -0.39 is 16.0 Å². The van der Waals surface area contributed by atoms with Crippen molar-refractivity contribution in [2.24, 2.45) is 0 Å². The molecule has 0 fully saturated rings. The minimum atomic E-state index is -3.65. The van der Waals surface area contributed by atoms with Crippen molar-refractivity contribution in [2.75, 3.05) is 13.1 Å². The molecule has 0 bridgehead atoms. The van der Waals surface area contributed by atoms with Crippen molar-refractivity contribution in [3.05, 3.63) is 57.5 Å². The Morgan fingerprint density at radius 2 is 1.84 bits per heavy atom. The summed E-state index contributed by atoms with van der Waals surface area (Å²) in [6, 6.07) is 10.6. The monoisotopic (exact) mass is 445 g/mol. The topological polar surface area (TPSA) is 63.7 Å². The lowest BCUT2D eigenvalue weighted by atomic mass is 10.2. The zero-order valence-electron chi connectivity index (χ0n) is 13.7. The molecule has 2 rings (SSSR count). The SMILES string of the molecule is CCN(CC)S(=O)(=O)c1cccc(C(=O)Oc2ccc(Br)cc2Cl)c1. The van der Waals surface area contributed by atoms with E-state index in [-0.39, 0.29) is 21.2 Å². The van der Waals surface area contributed by atoms with Crippen LogP contribution in [0.1, 0.15) is 24.2 Å². The zero-order chi connectivity index (χ0) is 18.6. The second-order valence-electron chi connectivity index (χ2n) is 5.08. The minimum Gasteiger partial charge on any atom is -0.421 e. The lowest BCUT2D eigenvalue weighted by Crippen LogP contribution is -2.30. The number of benzene rings is 2. The number of esters is 1. The Labute approximate surface area is 160 Å². The van der Waals surface area contributed by atoms with Crippen molar-refractivity contribution in [3.63, 3.8) is 0 Å². The summed E-state index contributed by atoms with van der Waals surface area (Å²) in [5.74, 6) is -0.479. The Morgan fingerprint density at radius 1 is 1.16 bits per heavy atom. The van der Waals surface area contributed by atoms with E-state index in [0.717, 1.165) is 4.47 Å². The third kappa shape index (κ3) is 4.61. The van der Waals surface area contributed by atoms with E-state index in [4.69, 9.17) is 16.3 Å². The van der Waals surface area contributed by atoms with Gasteiger partial charge >= 0.3 is 5.97 Å². The number of rotatable bonds is 6. The maximum atomic E-state index is 12.6. The van der Waals surface area contributed by atoms with Crippen LogP contribution in [0.15, 0.2) is 51.8 Å². The van der Waals surface area contributed by atoms with Gasteiger partial charge in [0.2, 0.25) is 10.0 Å². The molecule has 0 amide bonds. The molecular formula is C17H17BrClNO4S. The highest BCUT2D eigenvalue weighted by molar-refractivity contribution is 9.10. The van der Waals surface area contributed by atoms with Gasteiger partial charge in [0.1, 0.15) is 5.75 Å². The van der Waals surface area contributed by atoms with Crippen LogP contribution in [0.3, 0.4) is 0 Å². The summed E-state index contributed by atoms with van der Waals surface area (Å²) >= 11 is 9.30. The zero-order valence-corrected chi connectivity index (χ0v) is 16.9. The van der Waals surface area contributed by atoms with Crippen LogP contribution in [-0.2, 0) is 10.0 Å². The number of halogens is 2. The van der Waals surface area contributed by atoms with Gasteiger partial charge in [-0.25, -0.2) is 13.2 Å². The van der Waals surface area contributed by atoms with E-state index in [1.165, 1.54) is 28.6 Å². The Hall–Kier alpha value is -1.41. The molecule has 0 aliphatic carbocycles. The van der Waals surface area contributed by atoms with Gasteiger partial charge in [-0.15, -0.1) is 0 Å². The highest BCUT2D eigenvalue weighted by Gasteiger charge is 2.23. The summed E-state index contributed by atoms with van der Waals surface area (Å²) < 4.78 is 32.5. The van der Waals surface area contributed by atoms with E-state index in [1.807, 2.05) is 0 Å². The third-order valence-corrected chi connectivity index (χ3v) is 6.34. The van der Waals surface area contributed by atoms with Gasteiger partial charge in [-0.2, -0.15) is 4.31 Å². The summed E-state index contributed by atoms with van der Waals surface area (Å²) in [5, 5.41) is 0.273. The van der Waals surface area contributed by atoms with Gasteiger partial charge in [-0.3, -0.25) is 0 Å². The normalized spacial score (nSPS) is 11.6. The van der Waals surface area contributed by atoms with E-state index in [9.17, 15) is 13.2 Å². The van der Waals surface area contributed by atoms with Crippen molar-refractivity contribution in [2.45, 2.75) is 18.7 Å². The smallest absolute Gasteiger partial charge is 0.343 e. The molecule has 0 radical (unpaired) electrons. The lowest BCUT2D eigenvalue weighted by molar-refractivity contribution is 0.0734. The van der Waals surface area contributed by atoms with E-state index in [2.05, 4.69) is 15.9 Å². The number of carbonyl (C=O) groups is 1. The predicted molar refractivity (Wildman–Crippen MR) is 101 cm³/mol. The van der Waals surface area contributed by atoms with Gasteiger partial charge in [-0.05, 0) is 36.4 Å². The van der Waals surface area contributed by atoms with Crippen LogP contribution in [0.4, 0.5) is 0 Å². The van der Waals surface area contributed by atoms with Crippen molar-refractivity contribution < 1.29 is 17.9 Å². The van der Waals surface area contributed by atoms with Crippen molar-refractivity contribution in [3.8, 4) is 5.75 Å². The largest absolute Gasteiger partial charge is 0.421 e. The Morgan fingerprint density at radius 3 is 2.44 bits per heavy atom. The molecule has 25 heavy (non-hydrogen) atoms. The third-order valence-electron chi connectivity index (χ3n) is 3.51. The Kier molecular flexibility index (Phi) is 6.62. The summed E-state index contributed by atoms with van der Waals surface area (Å²) in [6.07, 6.45) is 0. The van der Waals surface area contributed by atoms with Crippen LogP contribution in [0.5, 0.6) is 5.75 Å². The Balaban J connectivity index is 2.30. The standard InChI is InChI=1S/C17H17BrClNO4S/c1-3-20(4-2)25(22,23)14-7-5-6-12(10-14)17(21)24-16-9-8-13(18)11-15(16)19/h5-11H,3-4H2,1-2H3. The molecule has 2 aromatic rings. The van der Waals surface area contributed by atoms with Gasteiger partial charge in [0, 0.05) is 17.6 Å². The molecule has 0 heterocycles. The van der Waals surface area contributed by atoms with Crippen molar-refractivity contribution in [1.82, 2.24) is 4.31 Å². The van der Waals surface area contributed by atoms with Gasteiger partial charge in [0.15, 0.2) is 0 Å². The second kappa shape index (κ2) is 8.31. The average Bonchev–Trinajstić information content (AvgIpc) is 2.58. The fraction of sp³-hybridized carbons (Fsp3) is 0.235. The van der Waals surface area contributed by atoms with Crippen LogP contribution in [0.25, 0.3) is 0 Å². The van der Waals surface area contributed by atoms with Crippen LogP contribution in [0, 0.1) is 0 Å². The van der Waals surface area contributed by atoms with E-state index >= 15 is 0 Å². The fourth-order valence-electron chi connectivity index (χ4n) is 2.21. The first kappa shape index (κ1) is 19.9. The number of carbonyl (C=O) groups excluding carboxylic acids is 1. The molecule has 0 atom stereocenters. The maximum Gasteiger partial charge on any atom is 0.343 e. The average molecular weight is 447 g/mol. The number of nitrogens with zero attached hydrogens (tertiary/aromatic N) is 1. The van der Waals surface area contributed by atoms with Crippen LogP contribution in [0.2, 0.25) is 5.02 Å². The van der Waals surface area contributed by atoms with Crippen LogP contribution >= 0.6 is 27.5 Å². The van der Waals surface area contributed by atoms with Crippen molar-refractivity contribution >= 4 is 43.5 Å². The summed E-state index contributed by atoms with van der Waals surface area (Å²) in [4.78, 5) is 12.4. The maximum absolute atomic E-state index is 12.6. The molecule has 0 N–H and O–H groups in total. The highest BCUT2D eigenvalue weighted by atomic mass is 79.9. The molecule has 5 nitrogen and oxygen atoms in total. The predicted octanol–water partition coefficient (Wildman–Crippen LogP) is 4.35. The van der Waals surface area contributed by atoms with Gasteiger partial charge < -0.3 is 4.74 Å². The first-order chi connectivity index (χ1) is 11.8. The second-order valence-corrected chi connectivity index (χ2v) is 8.34. The molecule has 2 aromatic carbocycles. The number of hydrogen-bond donors (Lipinski definition) is 0. The molecule has 0 saturated carbocycles. The summed E-state index contributed by atoms with van der Waals surface area (Å²) in [5.41, 5.74) is 0.132. The summed E-state index contributed by atoms with van der Waals surface area (Å²) in [6.45, 7) is 4.22. The molecule has 8 heteroatoms. The van der Waals surface area contributed by atoms with Crippen molar-refractivity contribution in [1.29, 1.82) is 0 Å². The molecule has 0 unspecified atom stereocenters. The van der Waals surface area contributed by atoms with Gasteiger partial charge in [0.25, 0.3) is 0 Å². The van der Waals surface area contributed by atoms with Crippen LogP contribution < -0.4 is 4.74 Å². The summed E-state index contributed by atoms with van der Waals surface area (Å²) in [7, 11) is -3.65. The molecule has 0 aliphatic rings. The number of sulfonamides is 1. The number of hydrogen-bond acceptors (Lipinski definition) is 4. The molecule has 0 aromatic heterocycles. The first-order valence-corrected chi connectivity index (χ1v) is 10.2. The molecular weight excluding hydrogens is 430 g/mol. The molecule has 0 saturated heterocycles. The molecule has 0 aliphatic heterocycles. The van der Waals surface area contributed by atoms with Crippen LogP contribution in [-0.4, -0.2) is 31.8 Å². The lowest BCUT2D eigenvalue weighted by Gasteiger charge is -2.18. The van der Waals surface area contributed by atoms with E-state index in [1.54, 1.807) is 32.0 Å². The number of ether oxygens (including phenoxy) is 1.